The van der Waals surface area contributed by atoms with Crippen LogP contribution in [0.25, 0.3) is 0 Å². The first-order chi connectivity index (χ1) is 8.77. The maximum atomic E-state index is 3.50. The van der Waals surface area contributed by atoms with Crippen LogP contribution >= 0.6 is 0 Å². The second kappa shape index (κ2) is 14.9. The molecule has 0 spiro atoms. The molecule has 0 rings (SSSR count). The van der Waals surface area contributed by atoms with Gasteiger partial charge in [0.05, 0.1) is 0 Å². The molecule has 18 heavy (non-hydrogen) atoms. The van der Waals surface area contributed by atoms with Gasteiger partial charge in [-0.15, -0.1) is 0 Å². The van der Waals surface area contributed by atoms with Crippen LogP contribution in [0.5, 0.6) is 0 Å². The predicted molar refractivity (Wildman–Crippen MR) is 82.2 cm³/mol. The molecule has 3 heteroatoms. The first-order valence-corrected chi connectivity index (χ1v) is 7.89. The van der Waals surface area contributed by atoms with Gasteiger partial charge in [-0.25, -0.2) is 0 Å². The lowest BCUT2D eigenvalue weighted by Gasteiger charge is -2.08. The zero-order chi connectivity index (χ0) is 13.5. The molecule has 0 atom stereocenters. The Morgan fingerprint density at radius 3 is 1.56 bits per heavy atom. The number of rotatable bonds is 14. The van der Waals surface area contributed by atoms with Crippen LogP contribution in [0.2, 0.25) is 0 Å². The molecule has 3 nitrogen and oxygen atoms in total. The minimum Gasteiger partial charge on any atom is -0.317 e. The van der Waals surface area contributed by atoms with Gasteiger partial charge < -0.3 is 16.0 Å². The van der Waals surface area contributed by atoms with E-state index in [2.05, 4.69) is 36.7 Å². The Morgan fingerprint density at radius 2 is 1.11 bits per heavy atom. The van der Waals surface area contributed by atoms with Crippen LogP contribution in [0.1, 0.15) is 52.9 Å². The Bertz CT molecular complexity index is 149. The third-order valence-corrected chi connectivity index (χ3v) is 3.02. The van der Waals surface area contributed by atoms with E-state index >= 15 is 0 Å². The summed E-state index contributed by atoms with van der Waals surface area (Å²) in [5.74, 6) is 0.816. The van der Waals surface area contributed by atoms with Gasteiger partial charge in [0.1, 0.15) is 0 Å². The highest BCUT2D eigenvalue weighted by molar-refractivity contribution is 4.55. The molecule has 0 aromatic rings. The second-order valence-corrected chi connectivity index (χ2v) is 5.49. The summed E-state index contributed by atoms with van der Waals surface area (Å²) < 4.78 is 0. The number of hydrogen-bond acceptors (Lipinski definition) is 3. The number of nitrogens with one attached hydrogen (secondary N) is 3. The molecule has 3 N–H and O–H groups in total. The van der Waals surface area contributed by atoms with Gasteiger partial charge in [-0.3, -0.25) is 0 Å². The lowest BCUT2D eigenvalue weighted by molar-refractivity contribution is 0.519. The highest BCUT2D eigenvalue weighted by atomic mass is 14.9. The van der Waals surface area contributed by atoms with E-state index in [1.807, 2.05) is 0 Å². The van der Waals surface area contributed by atoms with E-state index in [4.69, 9.17) is 0 Å². The smallest absolute Gasteiger partial charge is 0.00368 e. The monoisotopic (exact) mass is 257 g/mol. The van der Waals surface area contributed by atoms with E-state index in [0.717, 1.165) is 32.1 Å². The molecule has 0 radical (unpaired) electrons. The maximum absolute atomic E-state index is 3.50. The fraction of sp³-hybridized carbons (Fsp3) is 1.00. The summed E-state index contributed by atoms with van der Waals surface area (Å²) in [6.45, 7) is 13.7. The SMILES string of the molecule is CCCCNCCCNCCCNCCC(C)C. The standard InChI is InChI=1S/C15H35N3/c1-4-5-9-16-10-6-11-17-12-7-13-18-14-8-15(2)3/h15-18H,4-14H2,1-3H3. The van der Waals surface area contributed by atoms with Gasteiger partial charge in [0.2, 0.25) is 0 Å². The Hall–Kier alpha value is -0.120. The summed E-state index contributed by atoms with van der Waals surface area (Å²) in [6, 6.07) is 0. The molecule has 0 unspecified atom stereocenters. The lowest BCUT2D eigenvalue weighted by atomic mass is 10.1. The molecule has 0 aliphatic heterocycles. The van der Waals surface area contributed by atoms with Crippen LogP contribution in [0.4, 0.5) is 0 Å². The molecule has 0 amide bonds. The highest BCUT2D eigenvalue weighted by Gasteiger charge is 1.93. The van der Waals surface area contributed by atoms with Crippen molar-refractivity contribution in [2.45, 2.75) is 52.9 Å². The van der Waals surface area contributed by atoms with E-state index < -0.39 is 0 Å². The summed E-state index contributed by atoms with van der Waals surface area (Å²) in [5.41, 5.74) is 0. The number of unbranched alkanes of at least 4 members (excludes halogenated alkanes) is 1. The van der Waals surface area contributed by atoms with Gasteiger partial charge in [0.15, 0.2) is 0 Å². The highest BCUT2D eigenvalue weighted by Crippen LogP contribution is 1.95. The first-order valence-electron chi connectivity index (χ1n) is 7.89. The minimum atomic E-state index is 0.816. The predicted octanol–water partition coefficient (Wildman–Crippen LogP) is 2.38. The van der Waals surface area contributed by atoms with Crippen molar-refractivity contribution in [3.8, 4) is 0 Å². The molecule has 0 heterocycles. The second-order valence-electron chi connectivity index (χ2n) is 5.49. The van der Waals surface area contributed by atoms with Crippen LogP contribution in [0.15, 0.2) is 0 Å². The molecule has 0 saturated carbocycles. The van der Waals surface area contributed by atoms with Gasteiger partial charge in [-0.05, 0) is 70.9 Å². The van der Waals surface area contributed by atoms with Crippen molar-refractivity contribution in [3.05, 3.63) is 0 Å². The molecule has 0 aromatic carbocycles. The molecule has 110 valence electrons. The molecule has 0 bridgehead atoms. The minimum absolute atomic E-state index is 0.816. The third kappa shape index (κ3) is 15.9. The van der Waals surface area contributed by atoms with Gasteiger partial charge in [0, 0.05) is 0 Å². The summed E-state index contributed by atoms with van der Waals surface area (Å²) in [7, 11) is 0. The van der Waals surface area contributed by atoms with E-state index in [-0.39, 0.29) is 0 Å². The van der Waals surface area contributed by atoms with Crippen LogP contribution in [0.3, 0.4) is 0 Å². The average molecular weight is 257 g/mol. The number of hydrogen-bond donors (Lipinski definition) is 3. The quantitative estimate of drug-likeness (QED) is 0.418. The Morgan fingerprint density at radius 1 is 0.667 bits per heavy atom. The Kier molecular flexibility index (Phi) is 14.8. The fourth-order valence-corrected chi connectivity index (χ4v) is 1.74. The van der Waals surface area contributed by atoms with Crippen LogP contribution in [0, 0.1) is 5.92 Å². The Labute approximate surface area is 114 Å². The van der Waals surface area contributed by atoms with Gasteiger partial charge >= 0.3 is 0 Å². The van der Waals surface area contributed by atoms with E-state index in [0.29, 0.717) is 0 Å². The molecule has 0 aliphatic carbocycles. The van der Waals surface area contributed by atoms with Gasteiger partial charge in [0.25, 0.3) is 0 Å². The largest absolute Gasteiger partial charge is 0.317 e. The molecule has 0 saturated heterocycles. The van der Waals surface area contributed by atoms with Crippen molar-refractivity contribution in [1.29, 1.82) is 0 Å². The van der Waals surface area contributed by atoms with Crippen LogP contribution < -0.4 is 16.0 Å². The van der Waals surface area contributed by atoms with Crippen LogP contribution in [-0.2, 0) is 0 Å². The van der Waals surface area contributed by atoms with Crippen molar-refractivity contribution in [1.82, 2.24) is 16.0 Å². The third-order valence-electron chi connectivity index (χ3n) is 3.02. The molecule has 0 fully saturated rings. The topological polar surface area (TPSA) is 36.1 Å². The fourth-order valence-electron chi connectivity index (χ4n) is 1.74. The maximum Gasteiger partial charge on any atom is -0.00368 e. The summed E-state index contributed by atoms with van der Waals surface area (Å²) in [5, 5.41) is 10.4. The van der Waals surface area contributed by atoms with Gasteiger partial charge in [-0.2, -0.15) is 0 Å². The first kappa shape index (κ1) is 17.9. The van der Waals surface area contributed by atoms with E-state index in [9.17, 15) is 0 Å². The lowest BCUT2D eigenvalue weighted by Crippen LogP contribution is -2.26. The average Bonchev–Trinajstić information content (AvgIpc) is 2.34. The van der Waals surface area contributed by atoms with Crippen molar-refractivity contribution in [3.63, 3.8) is 0 Å². The van der Waals surface area contributed by atoms with E-state index in [1.165, 1.54) is 45.2 Å². The van der Waals surface area contributed by atoms with Crippen molar-refractivity contribution in [2.24, 2.45) is 5.92 Å². The molecular formula is C15H35N3. The van der Waals surface area contributed by atoms with Crippen molar-refractivity contribution >= 4 is 0 Å². The summed E-state index contributed by atoms with van der Waals surface area (Å²) in [4.78, 5) is 0. The zero-order valence-electron chi connectivity index (χ0n) is 12.9. The zero-order valence-corrected chi connectivity index (χ0v) is 12.9. The Balaban J connectivity index is 2.90. The molecule has 0 aromatic heterocycles. The summed E-state index contributed by atoms with van der Waals surface area (Å²) in [6.07, 6.45) is 6.35. The summed E-state index contributed by atoms with van der Waals surface area (Å²) >= 11 is 0. The van der Waals surface area contributed by atoms with Crippen molar-refractivity contribution in [2.75, 3.05) is 39.3 Å². The van der Waals surface area contributed by atoms with Crippen molar-refractivity contribution < 1.29 is 0 Å². The molecular weight excluding hydrogens is 222 g/mol. The van der Waals surface area contributed by atoms with Crippen LogP contribution in [-0.4, -0.2) is 39.3 Å². The van der Waals surface area contributed by atoms with E-state index in [1.54, 1.807) is 0 Å². The molecule has 0 aliphatic rings. The normalized spacial score (nSPS) is 11.3. The van der Waals surface area contributed by atoms with Gasteiger partial charge in [-0.1, -0.05) is 27.2 Å².